The fourth-order valence-corrected chi connectivity index (χ4v) is 0.782. The number of nitro groups is 1. The van der Waals surface area contributed by atoms with Gasteiger partial charge in [-0.25, -0.2) is 0 Å². The van der Waals surface area contributed by atoms with Gasteiger partial charge >= 0.3 is 0 Å². The van der Waals surface area contributed by atoms with Crippen molar-refractivity contribution in [1.29, 1.82) is 0 Å². The van der Waals surface area contributed by atoms with Crippen molar-refractivity contribution in [1.82, 2.24) is 0 Å². The lowest BCUT2D eigenvalue weighted by atomic mass is 10.3. The van der Waals surface area contributed by atoms with Crippen LogP contribution in [0.2, 0.25) is 0 Å². The van der Waals surface area contributed by atoms with Gasteiger partial charge in [-0.2, -0.15) is 0 Å². The Balaban J connectivity index is 2.78. The Morgan fingerprint density at radius 3 is 2.42 bits per heavy atom. The number of nitrogens with zero attached hydrogens (tertiary/aromatic N) is 1. The molecule has 1 aromatic rings. The maximum atomic E-state index is 10.2. The van der Waals surface area contributed by atoms with Crippen molar-refractivity contribution in [3.05, 3.63) is 41.3 Å². The van der Waals surface area contributed by atoms with E-state index in [0.29, 0.717) is 12.4 Å². The number of rotatable bonds is 3. The van der Waals surface area contributed by atoms with Gasteiger partial charge < -0.3 is 4.74 Å². The van der Waals surface area contributed by atoms with E-state index in [1.165, 1.54) is 12.1 Å². The first-order valence-electron chi connectivity index (χ1n) is 3.40. The first kappa shape index (κ1) is 8.52. The monoisotopic (exact) mass is 166 g/mol. The Morgan fingerprint density at radius 1 is 1.42 bits per heavy atom. The summed E-state index contributed by atoms with van der Waals surface area (Å²) in [6.07, 6.45) is 0. The van der Waals surface area contributed by atoms with Gasteiger partial charge in [0.15, 0.2) is 0 Å². The predicted octanol–water partition coefficient (Wildman–Crippen LogP) is 1.81. The lowest BCUT2D eigenvalue weighted by Gasteiger charge is -2.00. The normalized spacial score (nSPS) is 9.42. The van der Waals surface area contributed by atoms with E-state index < -0.39 is 4.92 Å². The van der Waals surface area contributed by atoms with E-state index in [0.717, 1.165) is 0 Å². The summed E-state index contributed by atoms with van der Waals surface area (Å²) in [5, 5.41) is 10.2. The van der Waals surface area contributed by atoms with Crippen LogP contribution >= 0.6 is 0 Å². The molecule has 0 aliphatic heterocycles. The van der Waals surface area contributed by atoms with Crippen LogP contribution in [0.4, 0.5) is 5.69 Å². The van der Waals surface area contributed by atoms with Gasteiger partial charge in [-0.15, -0.1) is 0 Å². The van der Waals surface area contributed by atoms with Crippen LogP contribution in [0.3, 0.4) is 0 Å². The lowest BCUT2D eigenvalue weighted by Crippen LogP contribution is -1.92. The highest BCUT2D eigenvalue weighted by Crippen LogP contribution is 2.16. The van der Waals surface area contributed by atoms with E-state index in [9.17, 15) is 10.1 Å². The Bertz CT molecular complexity index is 268. The van der Waals surface area contributed by atoms with Crippen molar-refractivity contribution in [2.24, 2.45) is 0 Å². The molecule has 0 aromatic heterocycles. The Kier molecular flexibility index (Phi) is 2.63. The summed E-state index contributed by atoms with van der Waals surface area (Å²) >= 11 is 0. The molecule has 12 heavy (non-hydrogen) atoms. The minimum atomic E-state index is -0.450. The SMILES string of the molecule is [CH2]COc1ccc([N+](=O)[O-])cc1. The van der Waals surface area contributed by atoms with Gasteiger partial charge in [0, 0.05) is 12.1 Å². The largest absolute Gasteiger partial charge is 0.494 e. The molecule has 0 atom stereocenters. The van der Waals surface area contributed by atoms with Crippen LogP contribution in [0.1, 0.15) is 0 Å². The van der Waals surface area contributed by atoms with Crippen LogP contribution < -0.4 is 4.74 Å². The van der Waals surface area contributed by atoms with E-state index in [-0.39, 0.29) is 5.69 Å². The molecule has 0 bridgehead atoms. The van der Waals surface area contributed by atoms with Crippen LogP contribution in [0.15, 0.2) is 24.3 Å². The summed E-state index contributed by atoms with van der Waals surface area (Å²) in [6.45, 7) is 3.80. The maximum Gasteiger partial charge on any atom is 0.269 e. The van der Waals surface area contributed by atoms with Gasteiger partial charge in [0.05, 0.1) is 11.5 Å². The Morgan fingerprint density at radius 2 is 2.00 bits per heavy atom. The summed E-state index contributed by atoms with van der Waals surface area (Å²) in [4.78, 5) is 9.77. The second-order valence-electron chi connectivity index (χ2n) is 2.10. The number of hydrogen-bond acceptors (Lipinski definition) is 3. The highest BCUT2D eigenvalue weighted by Gasteiger charge is 2.03. The number of nitro benzene ring substituents is 1. The molecule has 4 heteroatoms. The average molecular weight is 166 g/mol. The molecule has 0 unspecified atom stereocenters. The second kappa shape index (κ2) is 3.71. The van der Waals surface area contributed by atoms with E-state index >= 15 is 0 Å². The van der Waals surface area contributed by atoms with Gasteiger partial charge in [-0.1, -0.05) is 0 Å². The first-order valence-corrected chi connectivity index (χ1v) is 3.40. The summed E-state index contributed by atoms with van der Waals surface area (Å²) < 4.78 is 5.01. The van der Waals surface area contributed by atoms with Crippen LogP contribution in [0.25, 0.3) is 0 Å². The topological polar surface area (TPSA) is 52.4 Å². The molecule has 0 spiro atoms. The van der Waals surface area contributed by atoms with Crippen molar-refractivity contribution in [3.8, 4) is 5.75 Å². The van der Waals surface area contributed by atoms with Gasteiger partial charge in [0.2, 0.25) is 0 Å². The summed E-state index contributed by atoms with van der Waals surface area (Å²) in [5.41, 5.74) is 0.0615. The zero-order chi connectivity index (χ0) is 8.97. The van der Waals surface area contributed by atoms with Gasteiger partial charge in [0.25, 0.3) is 5.69 Å². The van der Waals surface area contributed by atoms with Crippen molar-refractivity contribution in [3.63, 3.8) is 0 Å². The van der Waals surface area contributed by atoms with E-state index in [2.05, 4.69) is 6.92 Å². The molecule has 0 aliphatic carbocycles. The molecule has 0 saturated heterocycles. The van der Waals surface area contributed by atoms with Crippen molar-refractivity contribution in [2.45, 2.75) is 0 Å². The molecule has 0 N–H and O–H groups in total. The standard InChI is InChI=1S/C8H8NO3/c1-2-12-8-5-3-7(4-6-8)9(10)11/h3-6H,1-2H2. The first-order chi connectivity index (χ1) is 5.74. The minimum absolute atomic E-state index is 0.0615. The minimum Gasteiger partial charge on any atom is -0.494 e. The van der Waals surface area contributed by atoms with Crippen molar-refractivity contribution in [2.75, 3.05) is 6.61 Å². The quantitative estimate of drug-likeness (QED) is 0.508. The summed E-state index contributed by atoms with van der Waals surface area (Å²) in [5.74, 6) is 0.593. The Labute approximate surface area is 69.9 Å². The highest BCUT2D eigenvalue weighted by molar-refractivity contribution is 5.35. The smallest absolute Gasteiger partial charge is 0.269 e. The molecule has 1 aromatic carbocycles. The zero-order valence-corrected chi connectivity index (χ0v) is 6.40. The molecule has 4 nitrogen and oxygen atoms in total. The third-order valence-electron chi connectivity index (χ3n) is 1.32. The molecule has 0 saturated carbocycles. The maximum absolute atomic E-state index is 10.2. The third kappa shape index (κ3) is 1.95. The second-order valence-corrected chi connectivity index (χ2v) is 2.10. The van der Waals surface area contributed by atoms with Crippen LogP contribution in [0.5, 0.6) is 5.75 Å². The van der Waals surface area contributed by atoms with Crippen molar-refractivity contribution < 1.29 is 9.66 Å². The number of non-ortho nitro benzene ring substituents is 1. The van der Waals surface area contributed by atoms with Crippen LogP contribution in [-0.4, -0.2) is 11.5 Å². The van der Waals surface area contributed by atoms with Gasteiger partial charge in [0.1, 0.15) is 5.75 Å². The number of ether oxygens (including phenoxy) is 1. The highest BCUT2D eigenvalue weighted by atomic mass is 16.6. The zero-order valence-electron chi connectivity index (χ0n) is 6.40. The Hall–Kier alpha value is -1.58. The third-order valence-corrected chi connectivity index (χ3v) is 1.32. The molecule has 1 rings (SSSR count). The fraction of sp³-hybridized carbons (Fsp3) is 0.125. The molecule has 0 fully saturated rings. The fourth-order valence-electron chi connectivity index (χ4n) is 0.782. The average Bonchev–Trinajstić information content (AvgIpc) is 2.06. The van der Waals surface area contributed by atoms with Gasteiger partial charge in [-0.3, -0.25) is 10.1 Å². The summed E-state index contributed by atoms with van der Waals surface area (Å²) in [6, 6.07) is 5.88. The number of hydrogen-bond donors (Lipinski definition) is 0. The van der Waals surface area contributed by atoms with Crippen molar-refractivity contribution >= 4 is 5.69 Å². The van der Waals surface area contributed by atoms with E-state index in [1.807, 2.05) is 0 Å². The molecule has 1 radical (unpaired) electrons. The lowest BCUT2D eigenvalue weighted by molar-refractivity contribution is -0.384. The summed E-state index contributed by atoms with van der Waals surface area (Å²) in [7, 11) is 0. The van der Waals surface area contributed by atoms with Crippen LogP contribution in [0, 0.1) is 17.0 Å². The van der Waals surface area contributed by atoms with E-state index in [1.54, 1.807) is 12.1 Å². The molecule has 0 aliphatic rings. The molecule has 0 heterocycles. The molecule has 63 valence electrons. The number of benzene rings is 1. The van der Waals surface area contributed by atoms with Gasteiger partial charge in [-0.05, 0) is 19.1 Å². The molecular formula is C8H8NO3. The van der Waals surface area contributed by atoms with E-state index in [4.69, 9.17) is 4.74 Å². The predicted molar refractivity (Wildman–Crippen MR) is 43.9 cm³/mol. The molecular weight excluding hydrogens is 158 g/mol. The molecule has 0 amide bonds. The van der Waals surface area contributed by atoms with Crippen LogP contribution in [-0.2, 0) is 0 Å².